The molecule has 0 spiro atoms. The molecule has 0 saturated heterocycles. The quantitative estimate of drug-likeness (QED) is 0.153. The molecule has 63 heavy (non-hydrogen) atoms. The molecule has 3 heteroatoms. The standard InChI is InChI=1S/C60H39NO2/c1-3-12-40(13-4-1)46-36-47(41-14-5-2-6-15-41)38-48(37-46)43-24-31-50(32-25-43)61(49-29-22-42(23-30-49)45-28-35-55-53-16-7-9-20-57(53)62-59(55)39-45)51-33-26-44(27-34-51)52-18-11-19-56-54-17-8-10-21-58(54)63-60(52)56/h1-39H. The van der Waals surface area contributed by atoms with E-state index in [-0.39, 0.29) is 0 Å². The molecule has 0 saturated carbocycles. The molecule has 0 amide bonds. The minimum atomic E-state index is 0.892. The number of rotatable bonds is 8. The van der Waals surface area contributed by atoms with E-state index in [1.165, 1.54) is 27.8 Å². The molecule has 0 radical (unpaired) electrons. The molecule has 0 unspecified atom stereocenters. The lowest BCUT2D eigenvalue weighted by atomic mass is 9.93. The second-order valence-corrected chi connectivity index (χ2v) is 16.1. The topological polar surface area (TPSA) is 29.5 Å². The molecule has 0 bridgehead atoms. The van der Waals surface area contributed by atoms with Crippen LogP contribution in [0.1, 0.15) is 0 Å². The summed E-state index contributed by atoms with van der Waals surface area (Å²) in [5.74, 6) is 0. The van der Waals surface area contributed by atoms with Crippen LogP contribution in [0.3, 0.4) is 0 Å². The lowest BCUT2D eigenvalue weighted by Crippen LogP contribution is -2.09. The second-order valence-electron chi connectivity index (χ2n) is 16.1. The Hall–Kier alpha value is -8.40. The van der Waals surface area contributed by atoms with Gasteiger partial charge in [0.2, 0.25) is 0 Å². The van der Waals surface area contributed by atoms with Gasteiger partial charge >= 0.3 is 0 Å². The molecule has 0 N–H and O–H groups in total. The Morgan fingerprint density at radius 2 is 0.651 bits per heavy atom. The van der Waals surface area contributed by atoms with Gasteiger partial charge in [0.25, 0.3) is 0 Å². The van der Waals surface area contributed by atoms with Gasteiger partial charge in [-0.3, -0.25) is 0 Å². The summed E-state index contributed by atoms with van der Waals surface area (Å²) in [5.41, 5.74) is 18.3. The third kappa shape index (κ3) is 6.64. The molecule has 0 fully saturated rings. The highest BCUT2D eigenvalue weighted by molar-refractivity contribution is 6.09. The fourth-order valence-corrected chi connectivity index (χ4v) is 9.11. The van der Waals surface area contributed by atoms with E-state index in [0.29, 0.717) is 0 Å². The molecular weight excluding hydrogens is 767 g/mol. The predicted octanol–water partition coefficient (Wildman–Crippen LogP) is 17.3. The minimum absolute atomic E-state index is 0.892. The van der Waals surface area contributed by atoms with E-state index in [0.717, 1.165) is 88.8 Å². The summed E-state index contributed by atoms with van der Waals surface area (Å²) in [5, 5.41) is 4.52. The maximum absolute atomic E-state index is 6.44. The highest BCUT2D eigenvalue weighted by Gasteiger charge is 2.17. The number of fused-ring (bicyclic) bond motifs is 6. The molecule has 10 aromatic carbocycles. The Balaban J connectivity index is 0.937. The van der Waals surface area contributed by atoms with Gasteiger partial charge in [0.1, 0.15) is 22.3 Å². The summed E-state index contributed by atoms with van der Waals surface area (Å²) < 4.78 is 12.7. The van der Waals surface area contributed by atoms with Crippen LogP contribution in [-0.4, -0.2) is 0 Å². The van der Waals surface area contributed by atoms with Crippen LogP contribution in [0.4, 0.5) is 17.1 Å². The molecule has 12 rings (SSSR count). The summed E-state index contributed by atoms with van der Waals surface area (Å²) in [6.07, 6.45) is 0. The van der Waals surface area contributed by atoms with Crippen molar-refractivity contribution in [3.63, 3.8) is 0 Å². The largest absolute Gasteiger partial charge is 0.456 e. The van der Waals surface area contributed by atoms with Gasteiger partial charge < -0.3 is 13.7 Å². The van der Waals surface area contributed by atoms with Crippen LogP contribution in [0, 0.1) is 0 Å². The van der Waals surface area contributed by atoms with Gasteiger partial charge in [-0.2, -0.15) is 0 Å². The van der Waals surface area contributed by atoms with Crippen LogP contribution < -0.4 is 4.90 Å². The summed E-state index contributed by atoms with van der Waals surface area (Å²) in [6, 6.07) is 84.2. The average Bonchev–Trinajstić information content (AvgIpc) is 3.93. The van der Waals surface area contributed by atoms with Gasteiger partial charge in [0.05, 0.1) is 0 Å². The van der Waals surface area contributed by atoms with E-state index in [1.54, 1.807) is 0 Å². The van der Waals surface area contributed by atoms with Crippen molar-refractivity contribution in [1.29, 1.82) is 0 Å². The van der Waals surface area contributed by atoms with Crippen LogP contribution in [0.25, 0.3) is 99.5 Å². The van der Waals surface area contributed by atoms with Gasteiger partial charge in [-0.15, -0.1) is 0 Å². The molecular formula is C60H39NO2. The van der Waals surface area contributed by atoms with Crippen LogP contribution in [-0.2, 0) is 0 Å². The summed E-state index contributed by atoms with van der Waals surface area (Å²) >= 11 is 0. The Morgan fingerprint density at radius 1 is 0.238 bits per heavy atom. The van der Waals surface area contributed by atoms with Crippen molar-refractivity contribution in [2.75, 3.05) is 4.90 Å². The maximum Gasteiger partial charge on any atom is 0.143 e. The fraction of sp³-hybridized carbons (Fsp3) is 0. The number of benzene rings is 10. The highest BCUT2D eigenvalue weighted by Crippen LogP contribution is 2.41. The van der Waals surface area contributed by atoms with E-state index in [9.17, 15) is 0 Å². The minimum Gasteiger partial charge on any atom is -0.456 e. The molecule has 0 aliphatic carbocycles. The van der Waals surface area contributed by atoms with Crippen molar-refractivity contribution in [2.45, 2.75) is 0 Å². The van der Waals surface area contributed by atoms with Gasteiger partial charge in [-0.05, 0) is 129 Å². The van der Waals surface area contributed by atoms with E-state index >= 15 is 0 Å². The molecule has 3 nitrogen and oxygen atoms in total. The Kier molecular flexibility index (Phi) is 8.83. The first-order chi connectivity index (χ1) is 31.2. The van der Waals surface area contributed by atoms with Gasteiger partial charge in [-0.25, -0.2) is 0 Å². The first-order valence-corrected chi connectivity index (χ1v) is 21.4. The van der Waals surface area contributed by atoms with E-state index in [2.05, 4.69) is 217 Å². The highest BCUT2D eigenvalue weighted by atomic mass is 16.3. The van der Waals surface area contributed by atoms with Crippen LogP contribution in [0.2, 0.25) is 0 Å². The van der Waals surface area contributed by atoms with E-state index in [1.807, 2.05) is 24.3 Å². The monoisotopic (exact) mass is 805 g/mol. The zero-order valence-electron chi connectivity index (χ0n) is 34.3. The molecule has 12 aromatic rings. The second kappa shape index (κ2) is 15.3. The first-order valence-electron chi connectivity index (χ1n) is 21.4. The number of anilines is 3. The molecule has 2 aromatic heterocycles. The number of nitrogens with zero attached hydrogens (tertiary/aromatic N) is 1. The molecule has 296 valence electrons. The van der Waals surface area contributed by atoms with Crippen molar-refractivity contribution in [2.24, 2.45) is 0 Å². The SMILES string of the molecule is c1ccc(-c2cc(-c3ccccc3)cc(-c3ccc(N(c4ccc(-c5ccc6c(c5)oc5ccccc56)cc4)c4ccc(-c5cccc6c5oc5ccccc56)cc4)cc3)c2)cc1. The van der Waals surface area contributed by atoms with Crippen molar-refractivity contribution < 1.29 is 8.83 Å². The van der Waals surface area contributed by atoms with Gasteiger partial charge in [0.15, 0.2) is 0 Å². The molecule has 0 atom stereocenters. The Labute approximate surface area is 365 Å². The number of hydrogen-bond donors (Lipinski definition) is 0. The van der Waals surface area contributed by atoms with Crippen LogP contribution in [0.5, 0.6) is 0 Å². The van der Waals surface area contributed by atoms with Crippen molar-refractivity contribution in [3.8, 4) is 55.6 Å². The van der Waals surface area contributed by atoms with Gasteiger partial charge in [-0.1, -0.05) is 158 Å². The average molecular weight is 806 g/mol. The Morgan fingerprint density at radius 3 is 1.22 bits per heavy atom. The fourth-order valence-electron chi connectivity index (χ4n) is 9.11. The van der Waals surface area contributed by atoms with Crippen LogP contribution in [0.15, 0.2) is 245 Å². The third-order valence-corrected chi connectivity index (χ3v) is 12.3. The molecule has 0 aliphatic rings. The van der Waals surface area contributed by atoms with Crippen molar-refractivity contribution in [1.82, 2.24) is 0 Å². The first kappa shape index (κ1) is 36.5. The van der Waals surface area contributed by atoms with Crippen molar-refractivity contribution in [3.05, 3.63) is 237 Å². The maximum atomic E-state index is 6.44. The summed E-state index contributed by atoms with van der Waals surface area (Å²) in [4.78, 5) is 2.33. The zero-order valence-corrected chi connectivity index (χ0v) is 34.3. The normalized spacial score (nSPS) is 11.5. The lowest BCUT2D eigenvalue weighted by molar-refractivity contribution is 0.669. The summed E-state index contributed by atoms with van der Waals surface area (Å²) in [7, 11) is 0. The van der Waals surface area contributed by atoms with Gasteiger partial charge in [0, 0.05) is 44.2 Å². The Bertz CT molecular complexity index is 3530. The van der Waals surface area contributed by atoms with Crippen LogP contribution >= 0.6 is 0 Å². The predicted molar refractivity (Wildman–Crippen MR) is 263 cm³/mol. The number of para-hydroxylation sites is 3. The number of hydrogen-bond acceptors (Lipinski definition) is 3. The van der Waals surface area contributed by atoms with Crippen molar-refractivity contribution >= 4 is 60.9 Å². The van der Waals surface area contributed by atoms with E-state index in [4.69, 9.17) is 8.83 Å². The molecule has 0 aliphatic heterocycles. The lowest BCUT2D eigenvalue weighted by Gasteiger charge is -2.26. The smallest absolute Gasteiger partial charge is 0.143 e. The van der Waals surface area contributed by atoms with E-state index < -0.39 is 0 Å². The zero-order chi connectivity index (χ0) is 41.7. The molecule has 2 heterocycles. The number of furan rings is 2. The third-order valence-electron chi connectivity index (χ3n) is 12.3. The summed E-state index contributed by atoms with van der Waals surface area (Å²) in [6.45, 7) is 0.